The predicted molar refractivity (Wildman–Crippen MR) is 482 cm³/mol. The number of ether oxygens (including phenoxy) is 4. The smallest absolute Gasteiger partial charge is 0.305 e. The van der Waals surface area contributed by atoms with Gasteiger partial charge in [-0.25, -0.2) is 0 Å². The van der Waals surface area contributed by atoms with Crippen LogP contribution in [0.4, 0.5) is 0 Å². The Hall–Kier alpha value is -6.12. The van der Waals surface area contributed by atoms with Crippen LogP contribution in [0.15, 0.2) is 48.5 Å². The Morgan fingerprint density at radius 2 is 0.402 bits per heavy atom. The number of carbonyl (C=O) groups is 8. The second kappa shape index (κ2) is 48.5. The Morgan fingerprint density at radius 1 is 0.274 bits per heavy atom. The highest BCUT2D eigenvalue weighted by atomic mass is 32.1. The predicted octanol–water partition coefficient (Wildman–Crippen LogP) is 19.0. The van der Waals surface area contributed by atoms with Crippen LogP contribution in [0.2, 0.25) is 0 Å². The molecule has 0 aliphatic rings. The number of phenols is 4. The molecule has 24 heteroatoms. The average Bonchev–Trinajstić information content (AvgIpc) is 0.792. The summed E-state index contributed by atoms with van der Waals surface area (Å²) in [5, 5.41) is 76.2. The van der Waals surface area contributed by atoms with E-state index in [4.69, 9.17) is 39.4 Å². The van der Waals surface area contributed by atoms with E-state index < -0.39 is 55.5 Å². The van der Waals surface area contributed by atoms with Crippen LogP contribution in [-0.2, 0) is 101 Å². The Labute approximate surface area is 723 Å². The van der Waals surface area contributed by atoms with Gasteiger partial charge in [-0.15, -0.1) is 50.5 Å². The maximum Gasteiger partial charge on any atom is 0.305 e. The summed E-state index contributed by atoms with van der Waals surface area (Å²) in [6, 6.07) is 15.0. The molecule has 0 fully saturated rings. The number of esters is 4. The van der Waals surface area contributed by atoms with Crippen LogP contribution in [0.3, 0.4) is 0 Å². The molecule has 8 N–H and O–H groups in total. The van der Waals surface area contributed by atoms with Crippen molar-refractivity contribution in [2.45, 2.75) is 338 Å². The van der Waals surface area contributed by atoms with Crippen molar-refractivity contribution in [3.05, 3.63) is 115 Å². The van der Waals surface area contributed by atoms with Gasteiger partial charge in [-0.2, -0.15) is 0 Å². The third-order valence-corrected chi connectivity index (χ3v) is 20.8. The van der Waals surface area contributed by atoms with Crippen LogP contribution < -0.4 is 0 Å². The Morgan fingerprint density at radius 3 is 0.487 bits per heavy atom. The van der Waals surface area contributed by atoms with Gasteiger partial charge in [-0.1, -0.05) is 242 Å². The summed E-state index contributed by atoms with van der Waals surface area (Å²) in [5.74, 6) is -2.23. The lowest BCUT2D eigenvalue weighted by atomic mass is 9.76. The molecule has 4 aromatic carbocycles. The van der Waals surface area contributed by atoms with Gasteiger partial charge in [0.1, 0.15) is 23.0 Å². The largest absolute Gasteiger partial charge is 0.507 e. The van der Waals surface area contributed by atoms with Crippen molar-refractivity contribution >= 4 is 94.9 Å². The second-order valence-corrected chi connectivity index (χ2v) is 40.4. The van der Waals surface area contributed by atoms with Crippen LogP contribution in [-0.4, -0.2) is 138 Å². The van der Waals surface area contributed by atoms with Crippen molar-refractivity contribution in [1.29, 1.82) is 0 Å². The van der Waals surface area contributed by atoms with Crippen LogP contribution >= 0.6 is 50.5 Å². The molecule has 0 spiro atoms. The molecule has 0 saturated carbocycles. The highest BCUT2D eigenvalue weighted by Gasteiger charge is 2.36. The fourth-order valence-electron chi connectivity index (χ4n) is 12.2. The van der Waals surface area contributed by atoms with Gasteiger partial charge in [0.05, 0.1) is 81.9 Å². The lowest BCUT2D eigenvalue weighted by Crippen LogP contribution is -2.37. The minimum absolute atomic E-state index is 0.160. The van der Waals surface area contributed by atoms with E-state index in [1.807, 2.05) is 242 Å². The van der Waals surface area contributed by atoms with Crippen LogP contribution in [0.25, 0.3) is 0 Å². The van der Waals surface area contributed by atoms with Gasteiger partial charge in [-0.3, -0.25) is 38.4 Å². The summed E-state index contributed by atoms with van der Waals surface area (Å²) in [5.41, 5.74) is 6.04. The first-order chi connectivity index (χ1) is 53.4. The molecular formula is C93H148O20S4. The Bertz CT molecular complexity index is 3240. The lowest BCUT2D eigenvalue weighted by Gasteiger charge is -2.29. The number of benzene rings is 4. The maximum atomic E-state index is 12.2. The Kier molecular flexibility index (Phi) is 46.0. The first-order valence-electron chi connectivity index (χ1n) is 40.9. The molecule has 4 atom stereocenters. The maximum absolute atomic E-state index is 12.2. The molecule has 0 heterocycles. The van der Waals surface area contributed by atoms with E-state index >= 15 is 0 Å². The van der Waals surface area contributed by atoms with Gasteiger partial charge in [-0.05, 0) is 161 Å². The molecular weight excluding hydrogens is 1570 g/mol. The normalized spacial score (nSPS) is 13.2. The summed E-state index contributed by atoms with van der Waals surface area (Å²) in [4.78, 5) is 96.4. The molecule has 20 nitrogen and oxygen atoms in total. The molecule has 0 aromatic heterocycles. The van der Waals surface area contributed by atoms with Crippen molar-refractivity contribution < 1.29 is 98.2 Å². The van der Waals surface area contributed by atoms with Crippen molar-refractivity contribution in [3.63, 3.8) is 0 Å². The number of aliphatic hydroxyl groups excluding tert-OH is 4. The van der Waals surface area contributed by atoms with E-state index in [0.717, 1.165) is 92.4 Å². The minimum atomic E-state index is -1.11. The second-order valence-electron chi connectivity index (χ2n) is 38.6. The molecule has 117 heavy (non-hydrogen) atoms. The first-order valence-corrected chi connectivity index (χ1v) is 42.7. The van der Waals surface area contributed by atoms with Crippen LogP contribution in [0.5, 0.6) is 23.0 Å². The molecule has 0 saturated heterocycles. The number of rotatable bonds is 32. The molecule has 4 unspecified atom stereocenters. The summed E-state index contributed by atoms with van der Waals surface area (Å²) in [6.45, 7) is 56.3. The number of carbonyl (C=O) groups excluding carboxylic acids is 8. The SMILES string of the molecule is CCCOC(=O)CCC(C(=O)S)c1cc(C(C)(C)C)c(O)c(C(C)(C)C)c1.CCCOC(=O)CCC(C(=O)S)c1cc(C(C)(C)C)c(O)c(C(C)(C)C)c1.CCCOC(=O)CCC(C(=O)S)c1cc(C(C)(C)C)c(O)c(C(C)(C)C)c1.CCCOC(=O)CCC(C(=O)S)c1cc(C(C)(C)C)c(O)c(C(C)(C)C)c1.OCC(CO)(CO)CO. The topological polar surface area (TPSA) is 335 Å². The van der Waals surface area contributed by atoms with E-state index in [9.17, 15) is 58.8 Å². The van der Waals surface area contributed by atoms with Gasteiger partial charge in [0.2, 0.25) is 0 Å². The molecule has 0 aliphatic carbocycles. The van der Waals surface area contributed by atoms with Crippen molar-refractivity contribution in [1.82, 2.24) is 0 Å². The zero-order valence-electron chi connectivity index (χ0n) is 75.8. The third-order valence-electron chi connectivity index (χ3n) is 19.6. The molecule has 0 bridgehead atoms. The highest BCUT2D eigenvalue weighted by molar-refractivity contribution is 7.97. The fraction of sp³-hybridized carbons (Fsp3) is 0.656. The number of aromatic hydroxyl groups is 4. The van der Waals surface area contributed by atoms with Gasteiger partial charge < -0.3 is 59.8 Å². The molecule has 0 amide bonds. The summed E-state index contributed by atoms with van der Waals surface area (Å²) in [6.07, 6.45) is 5.05. The standard InChI is InChI=1S/4C22H34O4S.C5H12O4/c4*1-8-11-26-18(23)10-9-15(20(25)27)14-12-16(21(2,3)4)19(24)17(13-14)22(5,6)7;6-1-5(2-7,3-8)4-9/h4*12-13,15,24H,8-11H2,1-7H3,(H,25,27);6-9H,1-4H2. The van der Waals surface area contributed by atoms with Gasteiger partial charge in [0.15, 0.2) is 20.5 Å². The van der Waals surface area contributed by atoms with Gasteiger partial charge in [0, 0.05) is 25.7 Å². The molecule has 4 rings (SSSR count). The highest BCUT2D eigenvalue weighted by Crippen LogP contribution is 2.47. The van der Waals surface area contributed by atoms with Gasteiger partial charge in [0.25, 0.3) is 0 Å². The lowest BCUT2D eigenvalue weighted by molar-refractivity contribution is -0.144. The van der Waals surface area contributed by atoms with Crippen molar-refractivity contribution in [2.24, 2.45) is 5.41 Å². The van der Waals surface area contributed by atoms with E-state index in [2.05, 4.69) is 50.5 Å². The zero-order valence-corrected chi connectivity index (χ0v) is 79.4. The zero-order chi connectivity index (χ0) is 91.3. The number of aliphatic hydroxyl groups is 4. The monoisotopic (exact) mass is 1710 g/mol. The first kappa shape index (κ1) is 111. The third kappa shape index (κ3) is 37.0. The van der Waals surface area contributed by atoms with Crippen LogP contribution in [0, 0.1) is 5.41 Å². The molecule has 0 radical (unpaired) electrons. The summed E-state index contributed by atoms with van der Waals surface area (Å²) < 4.78 is 20.5. The number of thiol groups is 4. The van der Waals surface area contributed by atoms with E-state index in [1.54, 1.807) is 0 Å². The van der Waals surface area contributed by atoms with Crippen LogP contribution in [0.1, 0.15) is 361 Å². The summed E-state index contributed by atoms with van der Waals surface area (Å²) >= 11 is 16.3. The van der Waals surface area contributed by atoms with Crippen molar-refractivity contribution in [2.75, 3.05) is 52.9 Å². The molecule has 0 aliphatic heterocycles. The van der Waals surface area contributed by atoms with E-state index in [-0.39, 0.29) is 136 Å². The van der Waals surface area contributed by atoms with E-state index in [1.165, 1.54) is 0 Å². The van der Waals surface area contributed by atoms with E-state index in [0.29, 0.717) is 52.1 Å². The molecule has 664 valence electrons. The average molecular weight is 1710 g/mol. The Balaban J connectivity index is 0.00000148. The summed E-state index contributed by atoms with van der Waals surface area (Å²) in [7, 11) is 0. The number of hydrogen-bond donors (Lipinski definition) is 12. The quantitative estimate of drug-likeness (QED) is 0.0123. The van der Waals surface area contributed by atoms with Gasteiger partial charge >= 0.3 is 23.9 Å². The molecule has 4 aromatic rings. The van der Waals surface area contributed by atoms with Crippen molar-refractivity contribution in [3.8, 4) is 23.0 Å². The fourth-order valence-corrected chi connectivity index (χ4v) is 13.4. The number of hydrogen-bond acceptors (Lipinski definition) is 20. The number of phenolic OH excluding ortho intramolecular Hbond substituents is 4. The minimum Gasteiger partial charge on any atom is -0.507 e.